The number of hydrogen-bond donors (Lipinski definition) is 3. The lowest BCUT2D eigenvalue weighted by Crippen LogP contribution is -2.45. The highest BCUT2D eigenvalue weighted by molar-refractivity contribution is 7.80. The number of rotatable bonds is 3. The second kappa shape index (κ2) is 9.10. The van der Waals surface area contributed by atoms with Gasteiger partial charge in [-0.05, 0) is 59.2 Å². The lowest BCUT2D eigenvalue weighted by atomic mass is 10.0. The number of carbonyl (C=O) groups excluding carboxylic acids is 2. The minimum Gasteiger partial charge on any atom is -0.364 e. The topological polar surface area (TPSA) is 86.4 Å². The van der Waals surface area contributed by atoms with E-state index in [0.717, 1.165) is 6.07 Å². The Morgan fingerprint density at radius 1 is 1.09 bits per heavy atom. The molecule has 0 aliphatic carbocycles. The summed E-state index contributed by atoms with van der Waals surface area (Å²) in [5.41, 5.74) is 5.91. The Bertz CT molecular complexity index is 1300. The average molecular weight is 485 g/mol. The van der Waals surface area contributed by atoms with Gasteiger partial charge in [0.2, 0.25) is 0 Å². The number of anilines is 1. The number of nitrogens with one attached hydrogen (secondary N) is 3. The molecule has 1 aromatic heterocycles. The van der Waals surface area contributed by atoms with Crippen molar-refractivity contribution in [3.05, 3.63) is 83.2 Å². The van der Waals surface area contributed by atoms with Crippen LogP contribution in [-0.4, -0.2) is 29.0 Å². The number of thiocarbonyl (C=S) groups is 1. The third kappa shape index (κ3) is 4.42. The summed E-state index contributed by atoms with van der Waals surface area (Å²) in [7, 11) is 1.60. The van der Waals surface area contributed by atoms with Crippen LogP contribution in [-0.2, 0) is 12.7 Å². The number of nitrogens with zero attached hydrogens (tertiary/aromatic N) is 2. The normalized spacial score (nSPS) is 12.8. The van der Waals surface area contributed by atoms with Crippen molar-refractivity contribution < 1.29 is 22.8 Å². The molecule has 4 rings (SSSR count). The molecule has 0 saturated carbocycles. The Hall–Kier alpha value is -3.99. The number of amides is 2. The fraction of sp³-hybridized carbons (Fsp3) is 0.130. The molecule has 3 N–H and O–H groups in total. The van der Waals surface area contributed by atoms with Crippen LogP contribution in [0.3, 0.4) is 0 Å². The van der Waals surface area contributed by atoms with Crippen LogP contribution in [0.1, 0.15) is 31.8 Å². The molecule has 0 spiro atoms. The number of pyridine rings is 1. The lowest BCUT2D eigenvalue weighted by molar-refractivity contribution is -0.138. The molecule has 0 bridgehead atoms. The van der Waals surface area contributed by atoms with E-state index in [1.807, 2.05) is 0 Å². The van der Waals surface area contributed by atoms with Gasteiger partial charge in [-0.1, -0.05) is 18.2 Å². The predicted molar refractivity (Wildman–Crippen MR) is 124 cm³/mol. The summed E-state index contributed by atoms with van der Waals surface area (Å²) < 4.78 is 40.4. The number of fused-ring (bicyclic) bond motifs is 1. The minimum absolute atomic E-state index is 0.0239. The van der Waals surface area contributed by atoms with E-state index in [-0.39, 0.29) is 28.3 Å². The summed E-state index contributed by atoms with van der Waals surface area (Å²) in [5, 5.41) is 2.88. The van der Waals surface area contributed by atoms with Gasteiger partial charge >= 0.3 is 6.18 Å². The lowest BCUT2D eigenvalue weighted by Gasteiger charge is -2.18. The molecule has 174 valence electrons. The number of alkyl halides is 3. The fourth-order valence-electron chi connectivity index (χ4n) is 3.72. The van der Waals surface area contributed by atoms with Gasteiger partial charge in [-0.25, -0.2) is 0 Å². The van der Waals surface area contributed by atoms with Crippen molar-refractivity contribution in [3.8, 4) is 11.1 Å². The largest absolute Gasteiger partial charge is 0.416 e. The van der Waals surface area contributed by atoms with E-state index >= 15 is 0 Å². The molecular formula is C23H18F3N5O2S. The van der Waals surface area contributed by atoms with Crippen molar-refractivity contribution >= 4 is 34.8 Å². The average Bonchev–Trinajstić information content (AvgIpc) is 3.18. The Balaban J connectivity index is 1.66. The van der Waals surface area contributed by atoms with Gasteiger partial charge in [-0.2, -0.15) is 13.2 Å². The monoisotopic (exact) mass is 485 g/mol. The standard InChI is InChI=1S/C23H18F3N5O2S/c1-27-22(34)30-29-20(32)17-11-28-9-8-15(17)13-4-2-5-14(10-13)31-12-18-16(21(31)33)6-3-7-19(18)23(24,25)26/h2-11H,12H2,1H3,(H,29,32)(H2,27,30,34). The molecule has 0 unspecified atom stereocenters. The summed E-state index contributed by atoms with van der Waals surface area (Å²) in [5.74, 6) is -1.01. The number of hydrogen-bond acceptors (Lipinski definition) is 4. The van der Waals surface area contributed by atoms with E-state index in [9.17, 15) is 22.8 Å². The molecule has 34 heavy (non-hydrogen) atoms. The molecule has 2 heterocycles. The first kappa shape index (κ1) is 23.2. The molecule has 2 amide bonds. The maximum atomic E-state index is 13.5. The zero-order valence-corrected chi connectivity index (χ0v) is 18.6. The highest BCUT2D eigenvalue weighted by Crippen LogP contribution is 2.39. The number of hydrazine groups is 1. The second-order valence-electron chi connectivity index (χ2n) is 7.35. The molecule has 1 aliphatic rings. The van der Waals surface area contributed by atoms with Gasteiger partial charge in [0.25, 0.3) is 11.8 Å². The quantitative estimate of drug-likeness (QED) is 0.388. The van der Waals surface area contributed by atoms with Crippen molar-refractivity contribution in [2.24, 2.45) is 0 Å². The molecule has 2 aromatic carbocycles. The summed E-state index contributed by atoms with van der Waals surface area (Å²) >= 11 is 4.94. The molecule has 1 aliphatic heterocycles. The summed E-state index contributed by atoms with van der Waals surface area (Å²) in [6.45, 7) is -0.206. The fourth-order valence-corrected chi connectivity index (χ4v) is 3.77. The maximum absolute atomic E-state index is 13.5. The van der Waals surface area contributed by atoms with Gasteiger partial charge in [-0.3, -0.25) is 25.4 Å². The first-order valence-corrected chi connectivity index (χ1v) is 10.4. The van der Waals surface area contributed by atoms with E-state index in [2.05, 4.69) is 21.2 Å². The van der Waals surface area contributed by atoms with Crippen molar-refractivity contribution in [2.75, 3.05) is 11.9 Å². The number of aromatic nitrogens is 1. The molecule has 3 aromatic rings. The summed E-state index contributed by atoms with van der Waals surface area (Å²) in [4.78, 5) is 30.9. The molecule has 0 atom stereocenters. The van der Waals surface area contributed by atoms with E-state index in [1.165, 1.54) is 29.4 Å². The predicted octanol–water partition coefficient (Wildman–Crippen LogP) is 3.67. The van der Waals surface area contributed by atoms with Gasteiger partial charge in [0.1, 0.15) is 0 Å². The Morgan fingerprint density at radius 2 is 1.85 bits per heavy atom. The molecule has 11 heteroatoms. The van der Waals surface area contributed by atoms with Crippen molar-refractivity contribution in [3.63, 3.8) is 0 Å². The van der Waals surface area contributed by atoms with Gasteiger partial charge in [-0.15, -0.1) is 0 Å². The first-order valence-electron chi connectivity index (χ1n) is 10.0. The van der Waals surface area contributed by atoms with Crippen molar-refractivity contribution in [2.45, 2.75) is 12.7 Å². The summed E-state index contributed by atoms with van der Waals surface area (Å²) in [6.07, 6.45) is -1.67. The first-order chi connectivity index (χ1) is 16.2. The van der Waals surface area contributed by atoms with E-state index in [1.54, 1.807) is 37.4 Å². The highest BCUT2D eigenvalue weighted by atomic mass is 32.1. The van der Waals surface area contributed by atoms with Gasteiger partial charge in [0, 0.05) is 30.7 Å². The Kier molecular flexibility index (Phi) is 6.20. The van der Waals surface area contributed by atoms with Gasteiger partial charge in [0.15, 0.2) is 5.11 Å². The van der Waals surface area contributed by atoms with Crippen LogP contribution in [0.5, 0.6) is 0 Å². The third-order valence-corrected chi connectivity index (χ3v) is 5.63. The molecule has 0 radical (unpaired) electrons. The zero-order valence-electron chi connectivity index (χ0n) is 17.7. The van der Waals surface area contributed by atoms with Crippen molar-refractivity contribution in [1.29, 1.82) is 0 Å². The van der Waals surface area contributed by atoms with Crippen LogP contribution >= 0.6 is 12.2 Å². The molecule has 7 nitrogen and oxygen atoms in total. The SMILES string of the molecule is CNC(=S)NNC(=O)c1cnccc1-c1cccc(N2Cc3c(cccc3C(F)(F)F)C2=O)c1. The van der Waals surface area contributed by atoms with Crippen LogP contribution in [0.4, 0.5) is 18.9 Å². The van der Waals surface area contributed by atoms with Crippen LogP contribution < -0.4 is 21.1 Å². The van der Waals surface area contributed by atoms with Crippen LogP contribution in [0.15, 0.2) is 60.9 Å². The van der Waals surface area contributed by atoms with Crippen LogP contribution in [0, 0.1) is 0 Å². The second-order valence-corrected chi connectivity index (χ2v) is 7.76. The smallest absolute Gasteiger partial charge is 0.364 e. The zero-order chi connectivity index (χ0) is 24.5. The Morgan fingerprint density at radius 3 is 2.59 bits per heavy atom. The molecule has 0 saturated heterocycles. The van der Waals surface area contributed by atoms with Crippen LogP contribution in [0.2, 0.25) is 0 Å². The van der Waals surface area contributed by atoms with E-state index in [4.69, 9.17) is 12.2 Å². The van der Waals surface area contributed by atoms with Gasteiger partial charge in [0.05, 0.1) is 17.7 Å². The minimum atomic E-state index is -4.56. The molecular weight excluding hydrogens is 467 g/mol. The van der Waals surface area contributed by atoms with E-state index in [0.29, 0.717) is 16.8 Å². The molecule has 0 fully saturated rings. The third-order valence-electron chi connectivity index (χ3n) is 5.32. The maximum Gasteiger partial charge on any atom is 0.416 e. The van der Waals surface area contributed by atoms with Crippen molar-refractivity contribution in [1.82, 2.24) is 21.2 Å². The van der Waals surface area contributed by atoms with Crippen LogP contribution in [0.25, 0.3) is 11.1 Å². The number of benzene rings is 2. The number of carbonyl (C=O) groups is 2. The van der Waals surface area contributed by atoms with E-state index < -0.39 is 23.6 Å². The van der Waals surface area contributed by atoms with Gasteiger partial charge < -0.3 is 10.2 Å². The number of halogens is 3. The highest BCUT2D eigenvalue weighted by Gasteiger charge is 2.39. The Labute approximate surface area is 198 Å². The summed E-state index contributed by atoms with van der Waals surface area (Å²) in [6, 6.07) is 11.9.